The minimum absolute atomic E-state index is 0.0760. The second kappa shape index (κ2) is 5.82. The predicted octanol–water partition coefficient (Wildman–Crippen LogP) is 1.59. The predicted molar refractivity (Wildman–Crippen MR) is 54.8 cm³/mol. The van der Waals surface area contributed by atoms with Gasteiger partial charge < -0.3 is 4.74 Å². The summed E-state index contributed by atoms with van der Waals surface area (Å²) in [7, 11) is 1.30. The van der Waals surface area contributed by atoms with Crippen LogP contribution in [0.25, 0.3) is 0 Å². The van der Waals surface area contributed by atoms with Gasteiger partial charge in [-0.1, -0.05) is 0 Å². The number of aromatic nitrogens is 2. The molecule has 0 bridgehead atoms. The largest absolute Gasteiger partial charge is 0.463 e. The molecule has 14 heavy (non-hydrogen) atoms. The van der Waals surface area contributed by atoms with Crippen molar-refractivity contribution < 1.29 is 9.53 Å². The van der Waals surface area contributed by atoms with Gasteiger partial charge in [-0.3, -0.25) is 0 Å². The van der Waals surface area contributed by atoms with E-state index in [0.29, 0.717) is 5.88 Å². The Kier molecular flexibility index (Phi) is 4.69. The molecule has 6 heteroatoms. The van der Waals surface area contributed by atoms with Crippen LogP contribution in [0.15, 0.2) is 17.3 Å². The van der Waals surface area contributed by atoms with E-state index in [2.05, 4.69) is 14.7 Å². The summed E-state index contributed by atoms with van der Waals surface area (Å²) in [6.07, 6.45) is 1.52. The number of hydrogen-bond acceptors (Lipinski definition) is 5. The minimum Gasteiger partial charge on any atom is -0.463 e. The average molecular weight is 233 g/mol. The van der Waals surface area contributed by atoms with Crippen LogP contribution >= 0.6 is 23.4 Å². The fraction of sp³-hybridized carbons (Fsp3) is 0.375. The fourth-order valence-electron chi connectivity index (χ4n) is 0.755. The summed E-state index contributed by atoms with van der Waals surface area (Å²) < 4.78 is 4.50. The molecule has 0 aliphatic heterocycles. The third-order valence-corrected chi connectivity index (χ3v) is 2.67. The first kappa shape index (κ1) is 11.3. The first-order valence-electron chi connectivity index (χ1n) is 3.88. The number of carbonyl (C=O) groups is 1. The molecule has 0 fully saturated rings. The van der Waals surface area contributed by atoms with E-state index in [1.165, 1.54) is 25.1 Å². The van der Waals surface area contributed by atoms with Gasteiger partial charge in [0.05, 0.1) is 7.11 Å². The molecule has 0 aliphatic carbocycles. The first-order chi connectivity index (χ1) is 6.77. The van der Waals surface area contributed by atoms with E-state index < -0.39 is 5.97 Å². The van der Waals surface area contributed by atoms with Crippen molar-refractivity contribution in [3.05, 3.63) is 18.1 Å². The number of hydrogen-bond donors (Lipinski definition) is 0. The summed E-state index contributed by atoms with van der Waals surface area (Å²) in [5.74, 6) is 0.840. The first-order valence-corrected chi connectivity index (χ1v) is 5.40. The number of nitrogens with zero attached hydrogens (tertiary/aromatic N) is 2. The zero-order valence-electron chi connectivity index (χ0n) is 7.57. The lowest BCUT2D eigenvalue weighted by atomic mass is 10.5. The monoisotopic (exact) mass is 232 g/mol. The molecule has 1 heterocycles. The molecule has 0 saturated carbocycles. The van der Waals surface area contributed by atoms with E-state index in [1.54, 1.807) is 6.07 Å². The summed E-state index contributed by atoms with van der Waals surface area (Å²) in [6.45, 7) is 0. The zero-order valence-corrected chi connectivity index (χ0v) is 9.14. The number of carbonyl (C=O) groups excluding carboxylic acids is 1. The number of ether oxygens (including phenoxy) is 1. The maximum absolute atomic E-state index is 11.1. The standard InChI is InChI=1S/C8H9ClN2O2S/c1-13-8(12)7-10-4-2-6(11-7)14-5-3-9/h2,4H,3,5H2,1H3. The summed E-state index contributed by atoms with van der Waals surface area (Å²) in [5.41, 5.74) is 0. The van der Waals surface area contributed by atoms with Gasteiger partial charge in [0.15, 0.2) is 0 Å². The van der Waals surface area contributed by atoms with Crippen LogP contribution in [-0.4, -0.2) is 34.7 Å². The van der Waals surface area contributed by atoms with Gasteiger partial charge in [0, 0.05) is 17.8 Å². The van der Waals surface area contributed by atoms with E-state index in [0.717, 1.165) is 10.8 Å². The molecule has 0 aliphatic rings. The number of rotatable bonds is 4. The lowest BCUT2D eigenvalue weighted by Crippen LogP contribution is -2.07. The van der Waals surface area contributed by atoms with Crippen molar-refractivity contribution in [1.82, 2.24) is 9.97 Å². The van der Waals surface area contributed by atoms with Gasteiger partial charge in [-0.05, 0) is 6.07 Å². The van der Waals surface area contributed by atoms with Gasteiger partial charge in [0.25, 0.3) is 0 Å². The number of alkyl halides is 1. The third kappa shape index (κ3) is 3.16. The summed E-state index contributed by atoms with van der Waals surface area (Å²) in [5, 5.41) is 0.723. The Morgan fingerprint density at radius 2 is 2.50 bits per heavy atom. The lowest BCUT2D eigenvalue weighted by Gasteiger charge is -2.00. The number of esters is 1. The molecule has 1 rings (SSSR count). The van der Waals surface area contributed by atoms with Crippen molar-refractivity contribution in [3.8, 4) is 0 Å². The fourth-order valence-corrected chi connectivity index (χ4v) is 1.58. The lowest BCUT2D eigenvalue weighted by molar-refractivity contribution is 0.0585. The molecule has 0 atom stereocenters. The van der Waals surface area contributed by atoms with Crippen LogP contribution < -0.4 is 0 Å². The van der Waals surface area contributed by atoms with E-state index in [4.69, 9.17) is 11.6 Å². The Balaban J connectivity index is 2.73. The van der Waals surface area contributed by atoms with Crippen LogP contribution in [0.2, 0.25) is 0 Å². The van der Waals surface area contributed by atoms with Gasteiger partial charge >= 0.3 is 5.97 Å². The van der Waals surface area contributed by atoms with Gasteiger partial charge in [-0.15, -0.1) is 23.4 Å². The Morgan fingerprint density at radius 3 is 3.14 bits per heavy atom. The molecule has 4 nitrogen and oxygen atoms in total. The van der Waals surface area contributed by atoms with Gasteiger partial charge in [0.1, 0.15) is 5.03 Å². The maximum atomic E-state index is 11.1. The Bertz CT molecular complexity index is 322. The Morgan fingerprint density at radius 1 is 1.71 bits per heavy atom. The number of methoxy groups -OCH3 is 1. The molecule has 0 saturated heterocycles. The van der Waals surface area contributed by atoms with E-state index in [-0.39, 0.29) is 5.82 Å². The second-order valence-corrected chi connectivity index (χ2v) is 3.74. The molecule has 0 radical (unpaired) electrons. The van der Waals surface area contributed by atoms with Crippen LogP contribution in [0.3, 0.4) is 0 Å². The van der Waals surface area contributed by atoms with Crippen LogP contribution in [0, 0.1) is 0 Å². The quantitative estimate of drug-likeness (QED) is 0.342. The van der Waals surface area contributed by atoms with Crippen molar-refractivity contribution >= 4 is 29.3 Å². The molecule has 0 amide bonds. The molecule has 1 aromatic heterocycles. The van der Waals surface area contributed by atoms with Gasteiger partial charge in [0.2, 0.25) is 5.82 Å². The number of halogens is 1. The van der Waals surface area contributed by atoms with Crippen molar-refractivity contribution in [3.63, 3.8) is 0 Å². The van der Waals surface area contributed by atoms with E-state index in [9.17, 15) is 4.79 Å². The molecule has 0 N–H and O–H groups in total. The SMILES string of the molecule is COC(=O)c1nccc(SCCCl)n1. The van der Waals surface area contributed by atoms with E-state index in [1.807, 2.05) is 0 Å². The molecule has 76 valence electrons. The van der Waals surface area contributed by atoms with Crippen LogP contribution in [-0.2, 0) is 4.74 Å². The van der Waals surface area contributed by atoms with Crippen LogP contribution in [0.5, 0.6) is 0 Å². The highest BCUT2D eigenvalue weighted by atomic mass is 35.5. The summed E-state index contributed by atoms with van der Waals surface area (Å²) in [4.78, 5) is 18.8. The Hall–Kier alpha value is -0.810. The van der Waals surface area contributed by atoms with Crippen molar-refractivity contribution in [2.75, 3.05) is 18.7 Å². The number of thioether (sulfide) groups is 1. The Labute approximate surface area is 91.0 Å². The average Bonchev–Trinajstić information content (AvgIpc) is 2.25. The second-order valence-electron chi connectivity index (χ2n) is 2.25. The van der Waals surface area contributed by atoms with Crippen molar-refractivity contribution in [1.29, 1.82) is 0 Å². The smallest absolute Gasteiger partial charge is 0.376 e. The highest BCUT2D eigenvalue weighted by molar-refractivity contribution is 7.99. The summed E-state index contributed by atoms with van der Waals surface area (Å²) >= 11 is 7.00. The van der Waals surface area contributed by atoms with Gasteiger partial charge in [-0.25, -0.2) is 14.8 Å². The highest BCUT2D eigenvalue weighted by Gasteiger charge is 2.09. The molecule has 0 aromatic carbocycles. The molecular formula is C8H9ClN2O2S. The maximum Gasteiger partial charge on any atom is 0.376 e. The van der Waals surface area contributed by atoms with Crippen LogP contribution in [0.1, 0.15) is 10.6 Å². The topological polar surface area (TPSA) is 52.1 Å². The van der Waals surface area contributed by atoms with Crippen molar-refractivity contribution in [2.24, 2.45) is 0 Å². The molecular weight excluding hydrogens is 224 g/mol. The van der Waals surface area contributed by atoms with E-state index >= 15 is 0 Å². The van der Waals surface area contributed by atoms with Crippen LogP contribution in [0.4, 0.5) is 0 Å². The summed E-state index contributed by atoms with van der Waals surface area (Å²) in [6, 6.07) is 1.73. The molecule has 1 aromatic rings. The minimum atomic E-state index is -0.529. The van der Waals surface area contributed by atoms with Gasteiger partial charge in [-0.2, -0.15) is 0 Å². The molecule has 0 spiro atoms. The highest BCUT2D eigenvalue weighted by Crippen LogP contribution is 2.14. The third-order valence-electron chi connectivity index (χ3n) is 1.33. The normalized spacial score (nSPS) is 9.86. The zero-order chi connectivity index (χ0) is 10.4. The molecule has 0 unspecified atom stereocenters. The van der Waals surface area contributed by atoms with Crippen molar-refractivity contribution in [2.45, 2.75) is 5.03 Å².